The number of para-hydroxylation sites is 1. The minimum Gasteiger partial charge on any atom is -0.384 e. The zero-order chi connectivity index (χ0) is 18.9. The molecule has 0 saturated heterocycles. The summed E-state index contributed by atoms with van der Waals surface area (Å²) < 4.78 is 0. The quantitative estimate of drug-likeness (QED) is 0.696. The molecule has 0 saturated carbocycles. The maximum Gasteiger partial charge on any atom is 0.138 e. The molecule has 2 N–H and O–H groups in total. The van der Waals surface area contributed by atoms with Crippen LogP contribution in [0.4, 0.5) is 17.3 Å². The molecule has 0 spiro atoms. The van der Waals surface area contributed by atoms with Crippen LogP contribution in [-0.4, -0.2) is 28.2 Å². The normalized spacial score (nSPS) is 15.3. The molecule has 0 radical (unpaired) electrons. The summed E-state index contributed by atoms with van der Waals surface area (Å²) in [7, 11) is 0. The Labute approximate surface area is 163 Å². The van der Waals surface area contributed by atoms with Crippen LogP contribution in [0.15, 0.2) is 60.9 Å². The Bertz CT molecular complexity index is 960. The fourth-order valence-electron chi connectivity index (χ4n) is 3.42. The highest BCUT2D eigenvalue weighted by molar-refractivity contribution is 6.31. The van der Waals surface area contributed by atoms with Crippen molar-refractivity contribution in [2.45, 2.75) is 18.9 Å². The van der Waals surface area contributed by atoms with E-state index in [4.69, 9.17) is 11.6 Å². The molecule has 1 aliphatic rings. The largest absolute Gasteiger partial charge is 0.384 e. The van der Waals surface area contributed by atoms with Crippen LogP contribution in [0, 0.1) is 0 Å². The Kier molecular flexibility index (Phi) is 4.72. The van der Waals surface area contributed by atoms with Gasteiger partial charge in [-0.1, -0.05) is 48.0 Å². The first kappa shape index (κ1) is 17.8. The minimum atomic E-state index is -1.12. The van der Waals surface area contributed by atoms with Crippen molar-refractivity contribution in [3.63, 3.8) is 0 Å². The number of halogens is 1. The highest BCUT2D eigenvalue weighted by Crippen LogP contribution is 2.34. The zero-order valence-corrected chi connectivity index (χ0v) is 15.8. The molecule has 0 fully saturated rings. The van der Waals surface area contributed by atoms with Crippen molar-refractivity contribution >= 4 is 28.9 Å². The Hall–Kier alpha value is -2.63. The number of hydrogen-bond acceptors (Lipinski definition) is 5. The Balaban J connectivity index is 1.52. The zero-order valence-electron chi connectivity index (χ0n) is 15.1. The molecule has 3 aromatic rings. The molecule has 1 unspecified atom stereocenters. The van der Waals surface area contributed by atoms with E-state index in [1.165, 1.54) is 11.3 Å². The van der Waals surface area contributed by atoms with Crippen molar-refractivity contribution in [1.82, 2.24) is 9.97 Å². The van der Waals surface area contributed by atoms with Crippen LogP contribution in [-0.2, 0) is 12.0 Å². The van der Waals surface area contributed by atoms with E-state index in [0.29, 0.717) is 16.4 Å². The summed E-state index contributed by atoms with van der Waals surface area (Å²) in [5.74, 6) is 1.51. The fraction of sp³-hybridized carbons (Fsp3) is 0.238. The minimum absolute atomic E-state index is 0.282. The van der Waals surface area contributed by atoms with Gasteiger partial charge in [0.25, 0.3) is 0 Å². The lowest BCUT2D eigenvalue weighted by molar-refractivity contribution is 0.0715. The molecular formula is C21H21ClN4O. The van der Waals surface area contributed by atoms with Crippen LogP contribution in [0.5, 0.6) is 0 Å². The first-order valence-electron chi connectivity index (χ1n) is 8.93. The first-order chi connectivity index (χ1) is 13.0. The lowest BCUT2D eigenvalue weighted by atomic mass is 9.96. The topological polar surface area (TPSA) is 61.3 Å². The van der Waals surface area contributed by atoms with Gasteiger partial charge in [0.15, 0.2) is 0 Å². The van der Waals surface area contributed by atoms with Gasteiger partial charge in [-0.3, -0.25) is 0 Å². The molecular weight excluding hydrogens is 360 g/mol. The van der Waals surface area contributed by atoms with E-state index in [1.54, 1.807) is 19.3 Å². The van der Waals surface area contributed by atoms with Gasteiger partial charge in [0.05, 0.1) is 0 Å². The van der Waals surface area contributed by atoms with Crippen molar-refractivity contribution in [2.75, 3.05) is 23.3 Å². The molecule has 138 valence electrons. The van der Waals surface area contributed by atoms with Crippen molar-refractivity contribution in [3.8, 4) is 0 Å². The number of anilines is 3. The van der Waals surface area contributed by atoms with E-state index in [2.05, 4.69) is 38.4 Å². The molecule has 2 heterocycles. The molecule has 1 aliphatic heterocycles. The number of hydrogen-bond donors (Lipinski definition) is 2. The summed E-state index contributed by atoms with van der Waals surface area (Å²) in [4.78, 5) is 10.9. The highest BCUT2D eigenvalue weighted by atomic mass is 35.5. The van der Waals surface area contributed by atoms with Gasteiger partial charge >= 0.3 is 0 Å². The molecule has 4 rings (SSSR count). The van der Waals surface area contributed by atoms with Gasteiger partial charge in [0.2, 0.25) is 0 Å². The van der Waals surface area contributed by atoms with Crippen LogP contribution >= 0.6 is 11.6 Å². The summed E-state index contributed by atoms with van der Waals surface area (Å²) in [6.07, 6.45) is 2.55. The molecule has 0 amide bonds. The molecule has 2 aromatic carbocycles. The lowest BCUT2D eigenvalue weighted by Crippen LogP contribution is -2.31. The summed E-state index contributed by atoms with van der Waals surface area (Å²) in [6.45, 7) is 2.91. The van der Waals surface area contributed by atoms with Crippen LogP contribution in [0.25, 0.3) is 0 Å². The summed E-state index contributed by atoms with van der Waals surface area (Å²) in [5, 5.41) is 14.6. The number of benzene rings is 2. The number of rotatable bonds is 5. The van der Waals surface area contributed by atoms with Gasteiger partial charge in [-0.2, -0.15) is 0 Å². The third kappa shape index (κ3) is 3.61. The predicted octanol–water partition coefficient (Wildman–Crippen LogP) is 4.14. The second-order valence-corrected chi connectivity index (χ2v) is 7.31. The smallest absolute Gasteiger partial charge is 0.138 e. The van der Waals surface area contributed by atoms with Gasteiger partial charge in [0, 0.05) is 35.4 Å². The molecule has 6 heteroatoms. The van der Waals surface area contributed by atoms with Crippen molar-refractivity contribution in [3.05, 3.63) is 77.1 Å². The highest BCUT2D eigenvalue weighted by Gasteiger charge is 2.26. The molecule has 5 nitrogen and oxygen atoms in total. The summed E-state index contributed by atoms with van der Waals surface area (Å²) >= 11 is 6.23. The standard InChI is InChI=1S/C21H21ClN4O/c1-21(27,16-7-3-4-8-17(16)22)13-23-19-12-20(25-14-24-19)26-11-10-15-6-2-5-9-18(15)26/h2-9,12,14,27H,10-11,13H2,1H3,(H,23,24,25). The number of aliphatic hydroxyl groups is 1. The summed E-state index contributed by atoms with van der Waals surface area (Å²) in [6, 6.07) is 17.6. The van der Waals surface area contributed by atoms with Crippen LogP contribution in [0.2, 0.25) is 5.02 Å². The van der Waals surface area contributed by atoms with Gasteiger partial charge in [-0.25, -0.2) is 9.97 Å². The average molecular weight is 381 g/mol. The summed E-state index contributed by atoms with van der Waals surface area (Å²) in [5.41, 5.74) is 2.07. The van der Waals surface area contributed by atoms with Crippen LogP contribution < -0.4 is 10.2 Å². The number of nitrogens with zero attached hydrogens (tertiary/aromatic N) is 3. The van der Waals surface area contributed by atoms with Gasteiger partial charge < -0.3 is 15.3 Å². The number of nitrogens with one attached hydrogen (secondary N) is 1. The van der Waals surface area contributed by atoms with Gasteiger partial charge in [-0.15, -0.1) is 0 Å². The van der Waals surface area contributed by atoms with E-state index in [-0.39, 0.29) is 6.54 Å². The Morgan fingerprint density at radius 3 is 2.78 bits per heavy atom. The van der Waals surface area contributed by atoms with E-state index in [9.17, 15) is 5.11 Å². The number of fused-ring (bicyclic) bond motifs is 1. The van der Waals surface area contributed by atoms with Crippen molar-refractivity contribution in [2.24, 2.45) is 0 Å². The second kappa shape index (κ2) is 7.18. The maximum atomic E-state index is 10.8. The lowest BCUT2D eigenvalue weighted by Gasteiger charge is -2.26. The van der Waals surface area contributed by atoms with Crippen LogP contribution in [0.1, 0.15) is 18.1 Å². The first-order valence-corrected chi connectivity index (χ1v) is 9.31. The monoisotopic (exact) mass is 380 g/mol. The predicted molar refractivity (Wildman–Crippen MR) is 109 cm³/mol. The molecule has 1 aromatic heterocycles. The maximum absolute atomic E-state index is 10.8. The van der Waals surface area contributed by atoms with Crippen molar-refractivity contribution in [1.29, 1.82) is 0 Å². The van der Waals surface area contributed by atoms with E-state index < -0.39 is 5.60 Å². The van der Waals surface area contributed by atoms with E-state index >= 15 is 0 Å². The third-order valence-electron chi connectivity index (χ3n) is 4.88. The fourth-order valence-corrected chi connectivity index (χ4v) is 3.76. The number of aromatic nitrogens is 2. The van der Waals surface area contributed by atoms with E-state index in [1.807, 2.05) is 30.3 Å². The Morgan fingerprint density at radius 1 is 1.15 bits per heavy atom. The van der Waals surface area contributed by atoms with E-state index in [0.717, 1.165) is 18.8 Å². The third-order valence-corrected chi connectivity index (χ3v) is 5.21. The van der Waals surface area contributed by atoms with Gasteiger partial charge in [0.1, 0.15) is 23.6 Å². The average Bonchev–Trinajstić information content (AvgIpc) is 3.11. The van der Waals surface area contributed by atoms with Crippen LogP contribution in [0.3, 0.4) is 0 Å². The molecule has 0 aliphatic carbocycles. The molecule has 1 atom stereocenters. The Morgan fingerprint density at radius 2 is 1.93 bits per heavy atom. The van der Waals surface area contributed by atoms with Gasteiger partial charge in [-0.05, 0) is 31.0 Å². The molecule has 27 heavy (non-hydrogen) atoms. The SMILES string of the molecule is CC(O)(CNc1cc(N2CCc3ccccc32)ncn1)c1ccccc1Cl. The second-order valence-electron chi connectivity index (χ2n) is 6.90. The molecule has 0 bridgehead atoms. The van der Waals surface area contributed by atoms with Crippen molar-refractivity contribution < 1.29 is 5.11 Å².